The van der Waals surface area contributed by atoms with E-state index in [-0.39, 0.29) is 21.0 Å². The second-order valence-electron chi connectivity index (χ2n) is 7.10. The Kier molecular flexibility index (Phi) is 6.70. The molecule has 2 heterocycles. The zero-order valence-electron chi connectivity index (χ0n) is 18.2. The molecule has 0 radical (unpaired) electrons. The minimum absolute atomic E-state index is 0.00297. The molecule has 1 N–H and O–H groups in total. The van der Waals surface area contributed by atoms with E-state index in [9.17, 15) is 13.2 Å². The molecule has 0 spiro atoms. The van der Waals surface area contributed by atoms with Gasteiger partial charge in [-0.25, -0.2) is 8.42 Å². The zero-order valence-corrected chi connectivity index (χ0v) is 19.9. The second kappa shape index (κ2) is 9.69. The van der Waals surface area contributed by atoms with Crippen LogP contribution >= 0.6 is 11.8 Å². The predicted octanol–water partition coefficient (Wildman–Crippen LogP) is 2.77. The molecule has 4 rings (SSSR count). The molecule has 2 aromatic carbocycles. The molecule has 2 aromatic rings. The maximum absolute atomic E-state index is 12.4. The Morgan fingerprint density at radius 1 is 1.06 bits per heavy atom. The average molecular weight is 501 g/mol. The van der Waals surface area contributed by atoms with E-state index in [4.69, 9.17) is 19.6 Å². The van der Waals surface area contributed by atoms with Gasteiger partial charge in [0, 0.05) is 12.3 Å². The number of hydrogen-bond donors (Lipinski definition) is 1. The number of hydrazone groups is 1. The van der Waals surface area contributed by atoms with E-state index in [1.54, 1.807) is 37.4 Å². The zero-order chi connectivity index (χ0) is 24.3. The van der Waals surface area contributed by atoms with Crippen LogP contribution in [0.5, 0.6) is 17.2 Å². The molecule has 0 atom stereocenters. The molecule has 0 saturated heterocycles. The third-order valence-corrected chi connectivity index (χ3v) is 7.18. The Morgan fingerprint density at radius 2 is 1.74 bits per heavy atom. The number of fused-ring (bicyclic) bond motifs is 1. The van der Waals surface area contributed by atoms with E-state index < -0.39 is 15.7 Å². The van der Waals surface area contributed by atoms with Gasteiger partial charge in [-0.15, -0.1) is 5.10 Å². The van der Waals surface area contributed by atoms with Crippen LogP contribution in [0.15, 0.2) is 64.2 Å². The first kappa shape index (κ1) is 23.5. The van der Waals surface area contributed by atoms with E-state index >= 15 is 0 Å². The summed E-state index contributed by atoms with van der Waals surface area (Å²) in [6.07, 6.45) is 2.51. The third-order valence-electron chi connectivity index (χ3n) is 4.61. The lowest BCUT2D eigenvalue weighted by Gasteiger charge is -2.20. The van der Waals surface area contributed by atoms with Crippen molar-refractivity contribution in [2.75, 3.05) is 26.6 Å². The standard InChI is InChI=1S/C22H20N4O6S2/c1-30-16-4-3-5-17(13-16)32-11-10-31-15-8-6-14(7-9-15)12-18-19(23)26-21(24-20(18)27)33-22(25-26)34(2,28)29/h3-9,12-13,23H,10-11H2,1-2H3/b18-12-,23-19?. The van der Waals surface area contributed by atoms with Crippen LogP contribution in [0.4, 0.5) is 0 Å². The first-order valence-electron chi connectivity index (χ1n) is 9.94. The first-order valence-corrected chi connectivity index (χ1v) is 12.7. The number of nitrogens with one attached hydrogen (secondary N) is 1. The van der Waals surface area contributed by atoms with E-state index in [1.165, 1.54) is 6.08 Å². The molecule has 0 saturated carbocycles. The summed E-state index contributed by atoms with van der Waals surface area (Å²) in [6.45, 7) is 0.667. The van der Waals surface area contributed by atoms with Crippen molar-refractivity contribution >= 4 is 49.0 Å². The van der Waals surface area contributed by atoms with Gasteiger partial charge in [0.25, 0.3) is 5.91 Å². The number of thioether (sulfide) groups is 1. The first-order chi connectivity index (χ1) is 16.2. The van der Waals surface area contributed by atoms with Crippen molar-refractivity contribution in [3.05, 3.63) is 59.7 Å². The number of nitrogens with zero attached hydrogens (tertiary/aromatic N) is 3. The van der Waals surface area contributed by atoms with Crippen LogP contribution in [0.1, 0.15) is 5.56 Å². The Hall–Kier alpha value is -3.64. The molecule has 0 aromatic heterocycles. The number of carbonyl (C=O) groups is 1. The number of rotatable bonds is 7. The van der Waals surface area contributed by atoms with Crippen molar-refractivity contribution in [3.8, 4) is 17.2 Å². The van der Waals surface area contributed by atoms with Gasteiger partial charge in [-0.05, 0) is 47.7 Å². The van der Waals surface area contributed by atoms with Crippen molar-refractivity contribution in [2.45, 2.75) is 0 Å². The molecule has 0 fully saturated rings. The quantitative estimate of drug-likeness (QED) is 0.454. The Morgan fingerprint density at radius 3 is 2.41 bits per heavy atom. The van der Waals surface area contributed by atoms with Gasteiger partial charge < -0.3 is 14.2 Å². The molecule has 2 aliphatic rings. The summed E-state index contributed by atoms with van der Waals surface area (Å²) in [6, 6.07) is 14.2. The molecule has 10 nitrogen and oxygen atoms in total. The smallest absolute Gasteiger partial charge is 0.283 e. The van der Waals surface area contributed by atoms with Crippen molar-refractivity contribution in [1.82, 2.24) is 5.01 Å². The molecule has 1 amide bonds. The third kappa shape index (κ3) is 5.29. The number of aliphatic imine (C=N–C) groups is 1. The highest BCUT2D eigenvalue weighted by Gasteiger charge is 2.38. The van der Waals surface area contributed by atoms with Crippen LogP contribution in [-0.4, -0.2) is 61.3 Å². The summed E-state index contributed by atoms with van der Waals surface area (Å²) in [7, 11) is -1.99. The summed E-state index contributed by atoms with van der Waals surface area (Å²) >= 11 is 0.745. The SMILES string of the molecule is COc1cccc(OCCOc2ccc(/C=C3/C(=N)N4N=C(S(C)(=O)=O)SC4=NC3=O)cc2)c1. The number of carbonyl (C=O) groups excluding carboxylic acids is 1. The average Bonchev–Trinajstić information content (AvgIpc) is 3.25. The van der Waals surface area contributed by atoms with Crippen LogP contribution in [-0.2, 0) is 14.6 Å². The Balaban J connectivity index is 1.37. The molecule has 0 unspecified atom stereocenters. The number of amides is 1. The van der Waals surface area contributed by atoms with Crippen molar-refractivity contribution in [1.29, 1.82) is 5.41 Å². The highest BCUT2D eigenvalue weighted by Crippen LogP contribution is 2.30. The lowest BCUT2D eigenvalue weighted by molar-refractivity contribution is -0.114. The van der Waals surface area contributed by atoms with Crippen molar-refractivity contribution in [2.24, 2.45) is 10.1 Å². The molecule has 12 heteroatoms. The monoisotopic (exact) mass is 500 g/mol. The van der Waals surface area contributed by atoms with Gasteiger partial charge in [0.15, 0.2) is 5.84 Å². The number of sulfone groups is 1. The fourth-order valence-electron chi connectivity index (χ4n) is 2.96. The maximum atomic E-state index is 12.4. The highest BCUT2D eigenvalue weighted by atomic mass is 32.3. The van der Waals surface area contributed by atoms with Gasteiger partial charge in [-0.1, -0.05) is 18.2 Å². The van der Waals surface area contributed by atoms with Crippen LogP contribution in [0.2, 0.25) is 0 Å². The summed E-state index contributed by atoms with van der Waals surface area (Å²) in [5.74, 6) is 1.13. The molecular formula is C22H20N4O6S2. The van der Waals surface area contributed by atoms with Crippen molar-refractivity contribution < 1.29 is 27.4 Å². The van der Waals surface area contributed by atoms with Gasteiger partial charge in [0.2, 0.25) is 19.4 Å². The molecule has 176 valence electrons. The molecular weight excluding hydrogens is 480 g/mol. The van der Waals surface area contributed by atoms with Crippen LogP contribution in [0, 0.1) is 5.41 Å². The maximum Gasteiger partial charge on any atom is 0.283 e. The van der Waals surface area contributed by atoms with Gasteiger partial charge in [0.1, 0.15) is 30.5 Å². The minimum Gasteiger partial charge on any atom is -0.497 e. The fraction of sp³-hybridized carbons (Fsp3) is 0.182. The summed E-state index contributed by atoms with van der Waals surface area (Å²) in [5, 5.41) is 13.3. The number of ether oxygens (including phenoxy) is 3. The van der Waals surface area contributed by atoms with Crippen LogP contribution in [0.3, 0.4) is 0 Å². The number of benzene rings is 2. The molecule has 0 bridgehead atoms. The van der Waals surface area contributed by atoms with Crippen molar-refractivity contribution in [3.63, 3.8) is 0 Å². The fourth-order valence-corrected chi connectivity index (χ4v) is 4.65. The lowest BCUT2D eigenvalue weighted by atomic mass is 10.1. The van der Waals surface area contributed by atoms with Gasteiger partial charge in [0.05, 0.1) is 12.7 Å². The largest absolute Gasteiger partial charge is 0.497 e. The summed E-state index contributed by atoms with van der Waals surface area (Å²) in [4.78, 5) is 16.3. The molecule has 2 aliphatic heterocycles. The van der Waals surface area contributed by atoms with Gasteiger partial charge in [-0.3, -0.25) is 10.2 Å². The van der Waals surface area contributed by atoms with Crippen LogP contribution < -0.4 is 14.2 Å². The lowest BCUT2D eigenvalue weighted by Crippen LogP contribution is -2.35. The second-order valence-corrected chi connectivity index (χ2v) is 10.2. The normalized spacial score (nSPS) is 16.8. The summed E-state index contributed by atoms with van der Waals surface area (Å²) in [5.41, 5.74) is 0.647. The number of hydrogen-bond acceptors (Lipinski definition) is 9. The highest BCUT2D eigenvalue weighted by molar-refractivity contribution is 8.42. The van der Waals surface area contributed by atoms with E-state index in [0.29, 0.717) is 36.0 Å². The van der Waals surface area contributed by atoms with Gasteiger partial charge >= 0.3 is 0 Å². The topological polar surface area (TPSA) is 131 Å². The Bertz CT molecular complexity index is 1330. The van der Waals surface area contributed by atoms with E-state index in [1.807, 2.05) is 18.2 Å². The summed E-state index contributed by atoms with van der Waals surface area (Å²) < 4.78 is 39.7. The van der Waals surface area contributed by atoms with Crippen LogP contribution in [0.25, 0.3) is 6.08 Å². The van der Waals surface area contributed by atoms with E-state index in [2.05, 4.69) is 10.1 Å². The Labute approximate surface area is 200 Å². The predicted molar refractivity (Wildman–Crippen MR) is 130 cm³/mol. The van der Waals surface area contributed by atoms with E-state index in [0.717, 1.165) is 23.0 Å². The number of amidine groups is 2. The minimum atomic E-state index is -3.58. The number of methoxy groups -OCH3 is 1. The molecule has 34 heavy (non-hydrogen) atoms. The molecule has 0 aliphatic carbocycles. The van der Waals surface area contributed by atoms with Gasteiger partial charge in [-0.2, -0.15) is 10.0 Å².